The van der Waals surface area contributed by atoms with E-state index in [0.717, 1.165) is 36.6 Å². The molecule has 8 heteroatoms. The third-order valence-corrected chi connectivity index (χ3v) is 4.31. The molecule has 4 heterocycles. The van der Waals surface area contributed by atoms with E-state index in [0.29, 0.717) is 24.9 Å². The van der Waals surface area contributed by atoms with Crippen LogP contribution in [0, 0.1) is 13.8 Å². The lowest BCUT2D eigenvalue weighted by Gasteiger charge is -2.32. The average Bonchev–Trinajstić information content (AvgIpc) is 3.30. The predicted octanol–water partition coefficient (Wildman–Crippen LogP) is 2.04. The molecule has 3 aromatic heterocycles. The first kappa shape index (κ1) is 16.0. The highest BCUT2D eigenvalue weighted by atomic mass is 16.5. The number of ether oxygens (including phenoxy) is 1. The van der Waals surface area contributed by atoms with Crippen molar-refractivity contribution in [3.63, 3.8) is 0 Å². The molecular weight excluding hydrogens is 322 g/mol. The zero-order valence-electron chi connectivity index (χ0n) is 14.4. The Morgan fingerprint density at radius 2 is 2.24 bits per heavy atom. The molecule has 4 rings (SSSR count). The lowest BCUT2D eigenvalue weighted by atomic mass is 10.2. The van der Waals surface area contributed by atoms with E-state index in [1.807, 2.05) is 17.7 Å². The Kier molecular flexibility index (Phi) is 4.37. The standard InChI is InChI=1S/C17H21N5O3/c1-12-7-13(2)22(19-12)9-15-8-21(4-6-24-15)10-16-18-17(20-25-16)14-3-5-23-11-14/h3,5,7,11,15H,4,6,8-10H2,1-2H3/t15-/m0/s1. The van der Waals surface area contributed by atoms with Gasteiger partial charge in [-0.3, -0.25) is 9.58 Å². The fourth-order valence-corrected chi connectivity index (χ4v) is 3.11. The minimum atomic E-state index is 0.100. The van der Waals surface area contributed by atoms with E-state index < -0.39 is 0 Å². The quantitative estimate of drug-likeness (QED) is 0.701. The molecule has 0 amide bonds. The molecule has 132 valence electrons. The number of nitrogens with zero attached hydrogens (tertiary/aromatic N) is 5. The van der Waals surface area contributed by atoms with Crippen LogP contribution >= 0.6 is 0 Å². The molecule has 8 nitrogen and oxygen atoms in total. The number of rotatable bonds is 5. The molecule has 0 N–H and O–H groups in total. The van der Waals surface area contributed by atoms with Crippen LogP contribution in [0.4, 0.5) is 0 Å². The molecule has 25 heavy (non-hydrogen) atoms. The van der Waals surface area contributed by atoms with Crippen LogP contribution in [0.2, 0.25) is 0 Å². The van der Waals surface area contributed by atoms with Gasteiger partial charge in [-0.25, -0.2) is 0 Å². The van der Waals surface area contributed by atoms with Crippen LogP contribution in [-0.4, -0.2) is 50.6 Å². The summed E-state index contributed by atoms with van der Waals surface area (Å²) in [6.07, 6.45) is 3.30. The number of hydrogen-bond acceptors (Lipinski definition) is 7. The molecule has 0 spiro atoms. The third-order valence-electron chi connectivity index (χ3n) is 4.31. The van der Waals surface area contributed by atoms with Crippen LogP contribution in [0.3, 0.4) is 0 Å². The number of furan rings is 1. The van der Waals surface area contributed by atoms with Gasteiger partial charge in [0.25, 0.3) is 0 Å². The van der Waals surface area contributed by atoms with Crippen LogP contribution in [0.5, 0.6) is 0 Å². The number of morpholine rings is 1. The Morgan fingerprint density at radius 1 is 1.32 bits per heavy atom. The van der Waals surface area contributed by atoms with Gasteiger partial charge in [0.2, 0.25) is 11.7 Å². The smallest absolute Gasteiger partial charge is 0.241 e. The molecule has 0 aromatic carbocycles. The molecule has 1 atom stereocenters. The maximum Gasteiger partial charge on any atom is 0.241 e. The largest absolute Gasteiger partial charge is 0.472 e. The molecule has 0 saturated carbocycles. The van der Waals surface area contributed by atoms with Gasteiger partial charge in [-0.1, -0.05) is 5.16 Å². The van der Waals surface area contributed by atoms with Crippen molar-refractivity contribution in [1.29, 1.82) is 0 Å². The molecule has 0 unspecified atom stereocenters. The molecule has 0 radical (unpaired) electrons. The number of hydrogen-bond donors (Lipinski definition) is 0. The van der Waals surface area contributed by atoms with Crippen molar-refractivity contribution in [3.8, 4) is 11.4 Å². The minimum absolute atomic E-state index is 0.100. The van der Waals surface area contributed by atoms with Crippen molar-refractivity contribution in [3.05, 3.63) is 41.9 Å². The highest BCUT2D eigenvalue weighted by molar-refractivity contribution is 5.51. The van der Waals surface area contributed by atoms with Crippen LogP contribution in [0.15, 0.2) is 33.6 Å². The summed E-state index contributed by atoms with van der Waals surface area (Å²) >= 11 is 0. The van der Waals surface area contributed by atoms with Gasteiger partial charge in [0.15, 0.2) is 0 Å². The summed E-state index contributed by atoms with van der Waals surface area (Å²) in [6.45, 7) is 7.77. The molecule has 0 aliphatic carbocycles. The van der Waals surface area contributed by atoms with Gasteiger partial charge >= 0.3 is 0 Å². The Balaban J connectivity index is 1.37. The van der Waals surface area contributed by atoms with E-state index in [9.17, 15) is 0 Å². The lowest BCUT2D eigenvalue weighted by molar-refractivity contribution is -0.0429. The van der Waals surface area contributed by atoms with Gasteiger partial charge in [0.1, 0.15) is 6.26 Å². The zero-order chi connectivity index (χ0) is 17.2. The summed E-state index contributed by atoms with van der Waals surface area (Å²) < 4.78 is 18.3. The Bertz CT molecular complexity index is 823. The topological polar surface area (TPSA) is 82.4 Å². The molecule has 1 saturated heterocycles. The second-order valence-corrected chi connectivity index (χ2v) is 6.36. The van der Waals surface area contributed by atoms with E-state index in [1.165, 1.54) is 0 Å². The first-order valence-corrected chi connectivity index (χ1v) is 8.37. The first-order chi connectivity index (χ1) is 12.2. The summed E-state index contributed by atoms with van der Waals surface area (Å²) in [5.74, 6) is 1.15. The lowest BCUT2D eigenvalue weighted by Crippen LogP contribution is -2.44. The third kappa shape index (κ3) is 3.64. The second kappa shape index (κ2) is 6.81. The zero-order valence-corrected chi connectivity index (χ0v) is 14.4. The maximum absolute atomic E-state index is 5.90. The molecule has 0 bridgehead atoms. The molecule has 1 aliphatic rings. The van der Waals surface area contributed by atoms with Crippen molar-refractivity contribution in [2.75, 3.05) is 19.7 Å². The molecule has 3 aromatic rings. The van der Waals surface area contributed by atoms with Gasteiger partial charge in [0.05, 0.1) is 43.3 Å². The second-order valence-electron chi connectivity index (χ2n) is 6.36. The Hall–Kier alpha value is -2.45. The fourth-order valence-electron chi connectivity index (χ4n) is 3.11. The van der Waals surface area contributed by atoms with Crippen molar-refractivity contribution < 1.29 is 13.7 Å². The van der Waals surface area contributed by atoms with Crippen molar-refractivity contribution in [2.24, 2.45) is 0 Å². The predicted molar refractivity (Wildman–Crippen MR) is 88.7 cm³/mol. The van der Waals surface area contributed by atoms with Gasteiger partial charge in [-0.2, -0.15) is 10.1 Å². The number of aryl methyl sites for hydroxylation is 2. The minimum Gasteiger partial charge on any atom is -0.472 e. The van der Waals surface area contributed by atoms with E-state index in [1.54, 1.807) is 12.5 Å². The Labute approximate surface area is 145 Å². The van der Waals surface area contributed by atoms with E-state index in [4.69, 9.17) is 13.7 Å². The first-order valence-electron chi connectivity index (χ1n) is 8.37. The van der Waals surface area contributed by atoms with E-state index in [2.05, 4.69) is 33.1 Å². The summed E-state index contributed by atoms with van der Waals surface area (Å²) in [4.78, 5) is 6.71. The normalized spacial score (nSPS) is 18.7. The summed E-state index contributed by atoms with van der Waals surface area (Å²) in [7, 11) is 0. The van der Waals surface area contributed by atoms with Crippen molar-refractivity contribution in [1.82, 2.24) is 24.8 Å². The average molecular weight is 343 g/mol. The molecular formula is C17H21N5O3. The SMILES string of the molecule is Cc1cc(C)n(C[C@@H]2CN(Cc3nc(-c4ccoc4)no3)CCO2)n1. The summed E-state index contributed by atoms with van der Waals surface area (Å²) in [6, 6.07) is 3.89. The number of aromatic nitrogens is 4. The monoisotopic (exact) mass is 343 g/mol. The molecule has 1 fully saturated rings. The summed E-state index contributed by atoms with van der Waals surface area (Å²) in [5, 5.41) is 8.52. The summed E-state index contributed by atoms with van der Waals surface area (Å²) in [5.41, 5.74) is 3.00. The highest BCUT2D eigenvalue weighted by Crippen LogP contribution is 2.17. The maximum atomic E-state index is 5.90. The van der Waals surface area contributed by atoms with Crippen molar-refractivity contribution in [2.45, 2.75) is 33.0 Å². The van der Waals surface area contributed by atoms with Crippen LogP contribution in [-0.2, 0) is 17.8 Å². The van der Waals surface area contributed by atoms with Gasteiger partial charge in [0, 0.05) is 18.8 Å². The van der Waals surface area contributed by atoms with Gasteiger partial charge in [-0.05, 0) is 26.0 Å². The fraction of sp³-hybridized carbons (Fsp3) is 0.471. The van der Waals surface area contributed by atoms with Gasteiger partial charge in [-0.15, -0.1) is 0 Å². The van der Waals surface area contributed by atoms with Crippen LogP contribution < -0.4 is 0 Å². The van der Waals surface area contributed by atoms with Crippen LogP contribution in [0.25, 0.3) is 11.4 Å². The highest BCUT2D eigenvalue weighted by Gasteiger charge is 2.23. The Morgan fingerprint density at radius 3 is 3.00 bits per heavy atom. The molecule has 1 aliphatic heterocycles. The van der Waals surface area contributed by atoms with E-state index in [-0.39, 0.29) is 6.10 Å². The van der Waals surface area contributed by atoms with Gasteiger partial charge < -0.3 is 13.7 Å². The van der Waals surface area contributed by atoms with Crippen LogP contribution in [0.1, 0.15) is 17.3 Å². The van der Waals surface area contributed by atoms with Crippen molar-refractivity contribution >= 4 is 0 Å². The van der Waals surface area contributed by atoms with E-state index >= 15 is 0 Å².